The fourth-order valence-electron chi connectivity index (χ4n) is 3.40. The van der Waals surface area contributed by atoms with Gasteiger partial charge in [0.1, 0.15) is 5.82 Å². The molecular weight excluding hydrogens is 265 g/mol. The topological polar surface area (TPSA) is 21.1 Å². The summed E-state index contributed by atoms with van der Waals surface area (Å²) in [6, 6.07) is 6.13. The SMILES string of the molecule is C[C@@H]1c2cc(F)ccc2CCN1Cc1cncn1C1CC1. The molecule has 1 aliphatic carbocycles. The van der Waals surface area contributed by atoms with Crippen LogP contribution in [-0.4, -0.2) is 21.0 Å². The molecular formula is C17H20FN3. The Balaban J connectivity index is 1.57. The molecule has 0 radical (unpaired) electrons. The molecule has 110 valence electrons. The molecule has 2 aromatic rings. The molecule has 1 aromatic carbocycles. The maximum Gasteiger partial charge on any atom is 0.123 e. The number of imidazole rings is 1. The van der Waals surface area contributed by atoms with E-state index in [9.17, 15) is 4.39 Å². The molecule has 1 saturated carbocycles. The van der Waals surface area contributed by atoms with Gasteiger partial charge in [0.2, 0.25) is 0 Å². The first-order chi connectivity index (χ1) is 10.2. The predicted molar refractivity (Wildman–Crippen MR) is 79.4 cm³/mol. The van der Waals surface area contributed by atoms with Crippen molar-refractivity contribution in [2.24, 2.45) is 0 Å². The van der Waals surface area contributed by atoms with Gasteiger partial charge in [-0.25, -0.2) is 9.37 Å². The highest BCUT2D eigenvalue weighted by Crippen LogP contribution is 2.37. The molecule has 0 N–H and O–H groups in total. The van der Waals surface area contributed by atoms with Gasteiger partial charge < -0.3 is 4.57 Å². The Bertz CT molecular complexity index is 660. The molecule has 0 amide bonds. The average molecular weight is 285 g/mol. The monoisotopic (exact) mass is 285 g/mol. The summed E-state index contributed by atoms with van der Waals surface area (Å²) in [4.78, 5) is 6.74. The summed E-state index contributed by atoms with van der Waals surface area (Å²) in [7, 11) is 0. The molecule has 2 aliphatic rings. The van der Waals surface area contributed by atoms with E-state index >= 15 is 0 Å². The largest absolute Gasteiger partial charge is 0.330 e. The van der Waals surface area contributed by atoms with Crippen LogP contribution in [0.2, 0.25) is 0 Å². The smallest absolute Gasteiger partial charge is 0.123 e. The molecule has 1 aromatic heterocycles. The van der Waals surface area contributed by atoms with E-state index in [-0.39, 0.29) is 11.9 Å². The number of fused-ring (bicyclic) bond motifs is 1. The zero-order chi connectivity index (χ0) is 14.4. The zero-order valence-corrected chi connectivity index (χ0v) is 12.3. The van der Waals surface area contributed by atoms with E-state index in [0.717, 1.165) is 25.1 Å². The van der Waals surface area contributed by atoms with Crippen LogP contribution in [0.15, 0.2) is 30.7 Å². The zero-order valence-electron chi connectivity index (χ0n) is 12.3. The fraction of sp³-hybridized carbons (Fsp3) is 0.471. The highest BCUT2D eigenvalue weighted by molar-refractivity contribution is 5.33. The van der Waals surface area contributed by atoms with Crippen LogP contribution in [0, 0.1) is 5.82 Å². The van der Waals surface area contributed by atoms with Gasteiger partial charge in [-0.1, -0.05) is 6.07 Å². The highest BCUT2D eigenvalue weighted by atomic mass is 19.1. The Hall–Kier alpha value is -1.68. The van der Waals surface area contributed by atoms with Crippen molar-refractivity contribution in [1.82, 2.24) is 14.5 Å². The Morgan fingerprint density at radius 2 is 2.19 bits per heavy atom. The van der Waals surface area contributed by atoms with Gasteiger partial charge in [-0.3, -0.25) is 4.90 Å². The van der Waals surface area contributed by atoms with Crippen LogP contribution in [0.1, 0.15) is 48.7 Å². The van der Waals surface area contributed by atoms with Gasteiger partial charge >= 0.3 is 0 Å². The van der Waals surface area contributed by atoms with E-state index in [1.54, 1.807) is 12.1 Å². The van der Waals surface area contributed by atoms with Gasteiger partial charge in [0.25, 0.3) is 0 Å². The van der Waals surface area contributed by atoms with E-state index in [2.05, 4.69) is 21.4 Å². The van der Waals surface area contributed by atoms with Crippen molar-refractivity contribution in [2.75, 3.05) is 6.54 Å². The van der Waals surface area contributed by atoms with Crippen LogP contribution in [0.25, 0.3) is 0 Å². The molecule has 0 bridgehead atoms. The first-order valence-electron chi connectivity index (χ1n) is 7.75. The highest BCUT2D eigenvalue weighted by Gasteiger charge is 2.28. The predicted octanol–water partition coefficient (Wildman–Crippen LogP) is 3.48. The number of hydrogen-bond donors (Lipinski definition) is 0. The van der Waals surface area contributed by atoms with Gasteiger partial charge in [0.15, 0.2) is 0 Å². The number of halogens is 1. The third-order valence-corrected chi connectivity index (χ3v) is 4.83. The second kappa shape index (κ2) is 4.95. The second-order valence-corrected chi connectivity index (χ2v) is 6.26. The lowest BCUT2D eigenvalue weighted by atomic mass is 9.93. The van der Waals surface area contributed by atoms with E-state index in [1.807, 2.05) is 18.6 Å². The fourth-order valence-corrected chi connectivity index (χ4v) is 3.40. The number of nitrogens with zero attached hydrogens (tertiary/aromatic N) is 3. The van der Waals surface area contributed by atoms with Gasteiger partial charge in [0, 0.05) is 31.4 Å². The van der Waals surface area contributed by atoms with Gasteiger partial charge in [-0.2, -0.15) is 0 Å². The summed E-state index contributed by atoms with van der Waals surface area (Å²) in [6.07, 6.45) is 7.47. The van der Waals surface area contributed by atoms with Crippen LogP contribution >= 0.6 is 0 Å². The molecule has 0 unspecified atom stereocenters. The Labute approximate surface area is 124 Å². The first-order valence-corrected chi connectivity index (χ1v) is 7.75. The van der Waals surface area contributed by atoms with Crippen LogP contribution in [0.5, 0.6) is 0 Å². The minimum Gasteiger partial charge on any atom is -0.330 e. The van der Waals surface area contributed by atoms with Crippen molar-refractivity contribution in [1.29, 1.82) is 0 Å². The lowest BCUT2D eigenvalue weighted by molar-refractivity contribution is 0.184. The molecule has 4 heteroatoms. The van der Waals surface area contributed by atoms with Crippen molar-refractivity contribution >= 4 is 0 Å². The molecule has 3 nitrogen and oxygen atoms in total. The van der Waals surface area contributed by atoms with Crippen molar-refractivity contribution in [2.45, 2.75) is 44.8 Å². The normalized spacial score (nSPS) is 22.3. The van der Waals surface area contributed by atoms with Crippen LogP contribution in [-0.2, 0) is 13.0 Å². The van der Waals surface area contributed by atoms with Crippen LogP contribution in [0.3, 0.4) is 0 Å². The van der Waals surface area contributed by atoms with E-state index in [1.165, 1.54) is 24.1 Å². The lowest BCUT2D eigenvalue weighted by Crippen LogP contribution is -2.34. The van der Waals surface area contributed by atoms with Gasteiger partial charge in [-0.15, -0.1) is 0 Å². The standard InChI is InChI=1S/C17H20FN3/c1-12-17-8-14(18)3-2-13(17)6-7-20(12)10-16-9-19-11-21(16)15-4-5-15/h2-3,8-9,11-12,15H,4-7,10H2,1H3/t12-/m1/s1. The number of hydrogen-bond acceptors (Lipinski definition) is 2. The summed E-state index contributed by atoms with van der Waals surface area (Å²) in [5.74, 6) is -0.134. The van der Waals surface area contributed by atoms with E-state index < -0.39 is 0 Å². The molecule has 21 heavy (non-hydrogen) atoms. The molecule has 4 rings (SSSR count). The third kappa shape index (κ3) is 2.38. The first kappa shape index (κ1) is 13.0. The van der Waals surface area contributed by atoms with Crippen molar-refractivity contribution in [3.63, 3.8) is 0 Å². The molecule has 2 heterocycles. The number of benzene rings is 1. The van der Waals surface area contributed by atoms with Crippen molar-refractivity contribution < 1.29 is 4.39 Å². The summed E-state index contributed by atoms with van der Waals surface area (Å²) >= 11 is 0. The average Bonchev–Trinajstić information content (AvgIpc) is 3.22. The second-order valence-electron chi connectivity index (χ2n) is 6.26. The minimum atomic E-state index is -0.134. The molecule has 0 saturated heterocycles. The Morgan fingerprint density at radius 3 is 3.00 bits per heavy atom. The molecule has 1 fully saturated rings. The minimum absolute atomic E-state index is 0.134. The third-order valence-electron chi connectivity index (χ3n) is 4.83. The quantitative estimate of drug-likeness (QED) is 0.861. The van der Waals surface area contributed by atoms with Crippen molar-refractivity contribution in [3.05, 3.63) is 53.4 Å². The van der Waals surface area contributed by atoms with Crippen LogP contribution < -0.4 is 0 Å². The van der Waals surface area contributed by atoms with Crippen LogP contribution in [0.4, 0.5) is 4.39 Å². The molecule has 1 aliphatic heterocycles. The molecule has 0 spiro atoms. The summed E-state index contributed by atoms with van der Waals surface area (Å²) in [6.45, 7) is 4.10. The Kier molecular flexibility index (Phi) is 3.07. The summed E-state index contributed by atoms with van der Waals surface area (Å²) < 4.78 is 15.8. The van der Waals surface area contributed by atoms with Gasteiger partial charge in [0.05, 0.1) is 12.0 Å². The number of rotatable bonds is 3. The van der Waals surface area contributed by atoms with E-state index in [4.69, 9.17) is 0 Å². The molecule has 1 atom stereocenters. The maximum atomic E-state index is 13.5. The summed E-state index contributed by atoms with van der Waals surface area (Å²) in [5.41, 5.74) is 3.71. The van der Waals surface area contributed by atoms with Crippen molar-refractivity contribution in [3.8, 4) is 0 Å². The Morgan fingerprint density at radius 1 is 1.33 bits per heavy atom. The lowest BCUT2D eigenvalue weighted by Gasteiger charge is -2.35. The summed E-state index contributed by atoms with van der Waals surface area (Å²) in [5, 5.41) is 0. The van der Waals surface area contributed by atoms with Gasteiger partial charge in [-0.05, 0) is 49.4 Å². The van der Waals surface area contributed by atoms with E-state index in [0.29, 0.717) is 6.04 Å². The number of aromatic nitrogens is 2. The maximum absolute atomic E-state index is 13.5.